The van der Waals surface area contributed by atoms with Crippen molar-refractivity contribution in [2.24, 2.45) is 0 Å². The maximum atomic E-state index is 2.51. The van der Waals surface area contributed by atoms with Gasteiger partial charge in [-0.25, -0.2) is 0 Å². The second-order valence-corrected chi connectivity index (χ2v) is 13.6. The molecule has 0 saturated heterocycles. The van der Waals surface area contributed by atoms with E-state index in [1.807, 2.05) is 0 Å². The molecule has 0 saturated carbocycles. The van der Waals surface area contributed by atoms with Crippen LogP contribution >= 0.6 is 0 Å². The van der Waals surface area contributed by atoms with Crippen molar-refractivity contribution in [3.8, 4) is 0 Å². The molecule has 0 spiro atoms. The van der Waals surface area contributed by atoms with E-state index >= 15 is 0 Å². The third kappa shape index (κ3) is 8.46. The predicted molar refractivity (Wildman–Crippen MR) is 101 cm³/mol. The number of hydrogen-bond donors (Lipinski definition) is 0. The van der Waals surface area contributed by atoms with Crippen molar-refractivity contribution in [3.63, 3.8) is 0 Å². The molecule has 0 radical (unpaired) electrons. The van der Waals surface area contributed by atoms with Gasteiger partial charge in [-0.2, -0.15) is 0 Å². The summed E-state index contributed by atoms with van der Waals surface area (Å²) in [5.41, 5.74) is 0. The summed E-state index contributed by atoms with van der Waals surface area (Å²) in [6.07, 6.45) is 11.6. The molecule has 0 aliphatic carbocycles. The third-order valence-electron chi connectivity index (χ3n) is 3.48. The van der Waals surface area contributed by atoms with Crippen LogP contribution in [0.4, 0.5) is 0 Å². The Balaban J connectivity index is 2.55. The first-order chi connectivity index (χ1) is 10.0. The zero-order chi connectivity index (χ0) is 15.6. The van der Waals surface area contributed by atoms with Gasteiger partial charge in [-0.3, -0.25) is 0 Å². The molecule has 0 aliphatic rings. The quantitative estimate of drug-likeness (QED) is 0.316. The molecule has 0 atom stereocenters. The number of unbranched alkanes of at least 4 members (excludes halogenated alkanes) is 4. The van der Waals surface area contributed by atoms with Crippen LogP contribution in [-0.2, 0) is 0 Å². The fourth-order valence-electron chi connectivity index (χ4n) is 2.14. The molecule has 1 aromatic rings. The second kappa shape index (κ2) is 10.2. The average Bonchev–Trinajstić information content (AvgIpc) is 2.45. The molecule has 0 fully saturated rings. The maximum absolute atomic E-state index is 2.51. The molecule has 21 heavy (non-hydrogen) atoms. The van der Waals surface area contributed by atoms with Gasteiger partial charge in [0.2, 0.25) is 0 Å². The Morgan fingerprint density at radius 2 is 1.76 bits per heavy atom. The fourth-order valence-corrected chi connectivity index (χ4v) is 5.19. The Bertz CT molecular complexity index is 440. The van der Waals surface area contributed by atoms with Crippen LogP contribution < -0.4 is 4.46 Å². The standard InChI is InChI=1S/C19H30SeSi/c1-5-6-7-8-12-15-19(21(2,3)4)16-17-20-18-13-10-9-11-14-18/h9-11,13-17H,5-8,12H2,1-4H3/b17-16+,19-15-. The van der Waals surface area contributed by atoms with E-state index in [4.69, 9.17) is 0 Å². The Morgan fingerprint density at radius 1 is 1.05 bits per heavy atom. The van der Waals surface area contributed by atoms with Gasteiger partial charge in [-0.1, -0.05) is 0 Å². The van der Waals surface area contributed by atoms with E-state index in [2.05, 4.69) is 74.0 Å². The van der Waals surface area contributed by atoms with Crippen LogP contribution in [0.1, 0.15) is 39.0 Å². The molecule has 0 aromatic heterocycles. The van der Waals surface area contributed by atoms with Crippen molar-refractivity contribution >= 4 is 27.5 Å². The third-order valence-corrected chi connectivity index (χ3v) is 7.30. The molecule has 0 nitrogen and oxygen atoms in total. The van der Waals surface area contributed by atoms with Crippen molar-refractivity contribution in [1.82, 2.24) is 0 Å². The fraction of sp³-hybridized carbons (Fsp3) is 0.474. The summed E-state index contributed by atoms with van der Waals surface area (Å²) in [5, 5.41) is 1.62. The average molecular weight is 365 g/mol. The van der Waals surface area contributed by atoms with E-state index in [0.29, 0.717) is 15.0 Å². The van der Waals surface area contributed by atoms with E-state index in [1.165, 1.54) is 36.6 Å². The second-order valence-electron chi connectivity index (χ2n) is 6.49. The molecule has 0 amide bonds. The minimum atomic E-state index is -1.21. The van der Waals surface area contributed by atoms with Crippen LogP contribution in [0.5, 0.6) is 0 Å². The SMILES string of the molecule is CCCCCC/C=C(/C=C/[Se]c1ccccc1)[Si](C)(C)C. The van der Waals surface area contributed by atoms with Gasteiger partial charge in [0.1, 0.15) is 0 Å². The van der Waals surface area contributed by atoms with Gasteiger partial charge < -0.3 is 0 Å². The van der Waals surface area contributed by atoms with Crippen LogP contribution in [0.25, 0.3) is 0 Å². The van der Waals surface area contributed by atoms with E-state index in [9.17, 15) is 0 Å². The summed E-state index contributed by atoms with van der Waals surface area (Å²) in [6.45, 7) is 9.62. The van der Waals surface area contributed by atoms with Gasteiger partial charge in [0.15, 0.2) is 0 Å². The topological polar surface area (TPSA) is 0 Å². The van der Waals surface area contributed by atoms with Crippen molar-refractivity contribution in [1.29, 1.82) is 0 Å². The van der Waals surface area contributed by atoms with Crippen LogP contribution in [0.3, 0.4) is 0 Å². The van der Waals surface area contributed by atoms with Crippen LogP contribution in [-0.4, -0.2) is 23.0 Å². The van der Waals surface area contributed by atoms with Gasteiger partial charge in [0.25, 0.3) is 0 Å². The van der Waals surface area contributed by atoms with Crippen molar-refractivity contribution in [2.75, 3.05) is 0 Å². The Morgan fingerprint density at radius 3 is 2.38 bits per heavy atom. The zero-order valence-electron chi connectivity index (χ0n) is 14.1. The number of rotatable bonds is 9. The first-order valence-corrected chi connectivity index (χ1v) is 13.5. The molecule has 0 unspecified atom stereocenters. The van der Waals surface area contributed by atoms with Gasteiger partial charge in [-0.15, -0.1) is 0 Å². The first-order valence-electron chi connectivity index (χ1n) is 8.13. The van der Waals surface area contributed by atoms with E-state index < -0.39 is 8.07 Å². The van der Waals surface area contributed by atoms with Crippen LogP contribution in [0, 0.1) is 0 Å². The number of allylic oxidation sites excluding steroid dienone is 3. The predicted octanol–water partition coefficient (Wildman–Crippen LogP) is 5.30. The van der Waals surface area contributed by atoms with Gasteiger partial charge >= 0.3 is 139 Å². The van der Waals surface area contributed by atoms with Crippen LogP contribution in [0.2, 0.25) is 19.6 Å². The van der Waals surface area contributed by atoms with Gasteiger partial charge in [0.05, 0.1) is 0 Å². The molecule has 2 heteroatoms. The summed E-state index contributed by atoms with van der Waals surface area (Å²) in [6, 6.07) is 10.8. The molecule has 0 N–H and O–H groups in total. The summed E-state index contributed by atoms with van der Waals surface area (Å²) < 4.78 is 1.46. The molecule has 0 heterocycles. The minimum absolute atomic E-state index is 0.461. The number of hydrogen-bond acceptors (Lipinski definition) is 0. The Labute approximate surface area is 138 Å². The molecule has 0 bridgehead atoms. The molecule has 1 aromatic carbocycles. The monoisotopic (exact) mass is 366 g/mol. The van der Waals surface area contributed by atoms with Gasteiger partial charge in [-0.05, 0) is 0 Å². The number of benzene rings is 1. The molecular weight excluding hydrogens is 335 g/mol. The normalized spacial score (nSPS) is 13.0. The summed E-state index contributed by atoms with van der Waals surface area (Å²) in [7, 11) is -1.21. The summed E-state index contributed by atoms with van der Waals surface area (Å²) in [4.78, 5) is 2.40. The van der Waals surface area contributed by atoms with Crippen molar-refractivity contribution in [3.05, 3.63) is 52.7 Å². The van der Waals surface area contributed by atoms with Crippen molar-refractivity contribution in [2.45, 2.75) is 58.7 Å². The van der Waals surface area contributed by atoms with Gasteiger partial charge in [0, 0.05) is 0 Å². The summed E-state index contributed by atoms with van der Waals surface area (Å²) in [5.74, 6) is 0. The molecule has 116 valence electrons. The summed E-state index contributed by atoms with van der Waals surface area (Å²) >= 11 is 0.461. The first kappa shape index (κ1) is 18.5. The Kier molecular flexibility index (Phi) is 8.99. The molecule has 0 aliphatic heterocycles. The zero-order valence-corrected chi connectivity index (χ0v) is 16.8. The molecular formula is C19H30SeSi. The Hall–Kier alpha value is -0.564. The van der Waals surface area contributed by atoms with E-state index in [1.54, 1.807) is 5.20 Å². The van der Waals surface area contributed by atoms with Crippen molar-refractivity contribution < 1.29 is 0 Å². The molecule has 1 rings (SSSR count). The van der Waals surface area contributed by atoms with E-state index in [0.717, 1.165) is 0 Å². The van der Waals surface area contributed by atoms with E-state index in [-0.39, 0.29) is 0 Å². The van der Waals surface area contributed by atoms with Crippen LogP contribution in [0.15, 0.2) is 52.7 Å².